The second-order valence-electron chi connectivity index (χ2n) is 4.86. The molecule has 0 saturated carbocycles. The maximum absolute atomic E-state index is 12.1. The van der Waals surface area contributed by atoms with Crippen LogP contribution in [0.5, 0.6) is 5.75 Å². The van der Waals surface area contributed by atoms with Crippen LogP contribution in [-0.4, -0.2) is 29.9 Å². The van der Waals surface area contributed by atoms with E-state index in [0.717, 1.165) is 18.5 Å². The quantitative estimate of drug-likeness (QED) is 0.920. The molecule has 19 heavy (non-hydrogen) atoms. The summed E-state index contributed by atoms with van der Waals surface area (Å²) in [6.45, 7) is 3.49. The lowest BCUT2D eigenvalue weighted by Crippen LogP contribution is -2.36. The summed E-state index contributed by atoms with van der Waals surface area (Å²) in [6.07, 6.45) is -3.73. The smallest absolute Gasteiger partial charge is 0.406 e. The number of benzene rings is 1. The van der Waals surface area contributed by atoms with Crippen LogP contribution >= 0.6 is 0 Å². The lowest BCUT2D eigenvalue weighted by Gasteiger charge is -2.23. The van der Waals surface area contributed by atoms with E-state index in [9.17, 15) is 13.2 Å². The largest absolute Gasteiger partial charge is 0.573 e. The predicted octanol–water partition coefficient (Wildman–Crippen LogP) is 2.51. The van der Waals surface area contributed by atoms with Crippen molar-refractivity contribution in [3.05, 3.63) is 29.8 Å². The second kappa shape index (κ2) is 5.38. The molecule has 0 aromatic heterocycles. The van der Waals surface area contributed by atoms with Gasteiger partial charge >= 0.3 is 6.36 Å². The Balaban J connectivity index is 2.03. The van der Waals surface area contributed by atoms with Crippen LogP contribution in [0.3, 0.4) is 0 Å². The molecule has 0 amide bonds. The topological polar surface area (TPSA) is 38.5 Å². The van der Waals surface area contributed by atoms with Gasteiger partial charge in [-0.2, -0.15) is 0 Å². The Hall–Kier alpha value is -1.27. The molecule has 6 heteroatoms. The molecule has 1 aromatic carbocycles. The summed E-state index contributed by atoms with van der Waals surface area (Å²) in [7, 11) is 0. The molecule has 1 aliphatic rings. The number of rotatable bonds is 3. The number of nitrogens with two attached hydrogens (primary N) is 1. The van der Waals surface area contributed by atoms with Crippen LogP contribution in [-0.2, 0) is 6.54 Å². The van der Waals surface area contributed by atoms with E-state index in [1.807, 2.05) is 6.92 Å². The number of ether oxygens (including phenoxy) is 1. The summed E-state index contributed by atoms with van der Waals surface area (Å²) in [5.41, 5.74) is 6.71. The highest BCUT2D eigenvalue weighted by atomic mass is 19.4. The standard InChI is InChI=1S/C13H17F3N2O/c1-9-12(17)5-6-18(9)8-10-3-2-4-11(7-10)19-13(14,15)16/h2-4,7,9,12H,5-6,8,17H2,1H3. The van der Waals surface area contributed by atoms with E-state index in [0.29, 0.717) is 6.54 Å². The third-order valence-electron chi connectivity index (χ3n) is 3.46. The van der Waals surface area contributed by atoms with Crippen LogP contribution in [0, 0.1) is 0 Å². The molecule has 3 nitrogen and oxygen atoms in total. The van der Waals surface area contributed by atoms with Crippen molar-refractivity contribution >= 4 is 0 Å². The third kappa shape index (κ3) is 3.84. The molecule has 0 spiro atoms. The highest BCUT2D eigenvalue weighted by Gasteiger charge is 2.31. The fourth-order valence-electron chi connectivity index (χ4n) is 2.33. The molecule has 0 bridgehead atoms. The molecule has 1 heterocycles. The van der Waals surface area contributed by atoms with Gasteiger partial charge < -0.3 is 10.5 Å². The van der Waals surface area contributed by atoms with Crippen LogP contribution in [0.2, 0.25) is 0 Å². The first-order chi connectivity index (χ1) is 8.85. The van der Waals surface area contributed by atoms with Gasteiger partial charge in [0.2, 0.25) is 0 Å². The first kappa shape index (κ1) is 14.1. The Morgan fingerprint density at radius 2 is 2.16 bits per heavy atom. The Morgan fingerprint density at radius 1 is 1.42 bits per heavy atom. The predicted molar refractivity (Wildman–Crippen MR) is 65.6 cm³/mol. The molecule has 1 fully saturated rings. The van der Waals surface area contributed by atoms with E-state index in [2.05, 4.69) is 9.64 Å². The Morgan fingerprint density at radius 3 is 2.74 bits per heavy atom. The third-order valence-corrected chi connectivity index (χ3v) is 3.46. The van der Waals surface area contributed by atoms with Crippen LogP contribution in [0.15, 0.2) is 24.3 Å². The molecule has 0 aliphatic carbocycles. The van der Waals surface area contributed by atoms with Gasteiger partial charge in [-0.25, -0.2) is 0 Å². The summed E-state index contributed by atoms with van der Waals surface area (Å²) in [5.74, 6) is -0.179. The highest BCUT2D eigenvalue weighted by Crippen LogP contribution is 2.25. The highest BCUT2D eigenvalue weighted by molar-refractivity contribution is 5.28. The van der Waals surface area contributed by atoms with E-state index in [-0.39, 0.29) is 17.8 Å². The van der Waals surface area contributed by atoms with Crippen molar-refractivity contribution in [1.29, 1.82) is 0 Å². The number of hydrogen-bond acceptors (Lipinski definition) is 3. The van der Waals surface area contributed by atoms with Gasteiger partial charge in [0.15, 0.2) is 0 Å². The molecule has 0 radical (unpaired) electrons. The zero-order valence-corrected chi connectivity index (χ0v) is 10.7. The van der Waals surface area contributed by atoms with E-state index >= 15 is 0 Å². The number of halogens is 3. The summed E-state index contributed by atoms with van der Waals surface area (Å²) in [4.78, 5) is 2.16. The van der Waals surface area contributed by atoms with Crippen LogP contribution in [0.25, 0.3) is 0 Å². The number of hydrogen-bond donors (Lipinski definition) is 1. The summed E-state index contributed by atoms with van der Waals surface area (Å²) in [6, 6.07) is 6.46. The van der Waals surface area contributed by atoms with Gasteiger partial charge in [-0.15, -0.1) is 13.2 Å². The summed E-state index contributed by atoms with van der Waals surface area (Å²) < 4.78 is 40.3. The molecule has 106 valence electrons. The van der Waals surface area contributed by atoms with Crippen molar-refractivity contribution in [3.8, 4) is 5.75 Å². The zero-order chi connectivity index (χ0) is 14.0. The van der Waals surface area contributed by atoms with Crippen molar-refractivity contribution in [2.75, 3.05) is 6.54 Å². The van der Waals surface area contributed by atoms with Crippen molar-refractivity contribution in [3.63, 3.8) is 0 Å². The lowest BCUT2D eigenvalue weighted by atomic mass is 10.1. The van der Waals surface area contributed by atoms with Gasteiger partial charge in [0.05, 0.1) is 0 Å². The van der Waals surface area contributed by atoms with Crippen molar-refractivity contribution < 1.29 is 17.9 Å². The minimum absolute atomic E-state index is 0.134. The van der Waals surface area contributed by atoms with Gasteiger partial charge in [0, 0.05) is 25.2 Å². The maximum atomic E-state index is 12.1. The number of nitrogens with zero attached hydrogens (tertiary/aromatic N) is 1. The fraction of sp³-hybridized carbons (Fsp3) is 0.538. The van der Waals surface area contributed by atoms with Gasteiger partial charge in [0.25, 0.3) is 0 Å². The van der Waals surface area contributed by atoms with Crippen molar-refractivity contribution in [2.24, 2.45) is 5.73 Å². The molecule has 2 unspecified atom stereocenters. The molecular formula is C13H17F3N2O. The van der Waals surface area contributed by atoms with Gasteiger partial charge in [0.1, 0.15) is 5.75 Å². The molecule has 2 rings (SSSR count). The molecule has 1 aromatic rings. The number of alkyl halides is 3. The first-order valence-corrected chi connectivity index (χ1v) is 6.19. The van der Waals surface area contributed by atoms with Gasteiger partial charge in [-0.1, -0.05) is 12.1 Å². The van der Waals surface area contributed by atoms with E-state index < -0.39 is 6.36 Å². The average Bonchev–Trinajstić information content (AvgIpc) is 2.59. The van der Waals surface area contributed by atoms with Gasteiger partial charge in [-0.3, -0.25) is 4.90 Å². The van der Waals surface area contributed by atoms with Crippen LogP contribution < -0.4 is 10.5 Å². The van der Waals surface area contributed by atoms with Crippen LogP contribution in [0.1, 0.15) is 18.9 Å². The minimum Gasteiger partial charge on any atom is -0.406 e. The molecule has 1 saturated heterocycles. The van der Waals surface area contributed by atoms with E-state index in [4.69, 9.17) is 5.73 Å². The normalized spacial score (nSPS) is 24.7. The molecule has 1 aliphatic heterocycles. The Labute approximate surface area is 110 Å². The van der Waals surface area contributed by atoms with Crippen molar-refractivity contribution in [2.45, 2.75) is 38.3 Å². The van der Waals surface area contributed by atoms with Crippen LogP contribution in [0.4, 0.5) is 13.2 Å². The molecular weight excluding hydrogens is 257 g/mol. The SMILES string of the molecule is CC1C(N)CCN1Cc1cccc(OC(F)(F)F)c1. The fourth-order valence-corrected chi connectivity index (χ4v) is 2.33. The zero-order valence-electron chi connectivity index (χ0n) is 10.7. The van der Waals surface area contributed by atoms with E-state index in [1.54, 1.807) is 12.1 Å². The number of likely N-dealkylation sites (tertiary alicyclic amines) is 1. The summed E-state index contributed by atoms with van der Waals surface area (Å²) >= 11 is 0. The molecule has 2 N–H and O–H groups in total. The monoisotopic (exact) mass is 274 g/mol. The average molecular weight is 274 g/mol. The first-order valence-electron chi connectivity index (χ1n) is 6.19. The summed E-state index contributed by atoms with van der Waals surface area (Å²) in [5, 5.41) is 0. The minimum atomic E-state index is -4.65. The lowest BCUT2D eigenvalue weighted by molar-refractivity contribution is -0.274. The Kier molecular flexibility index (Phi) is 4.01. The van der Waals surface area contributed by atoms with Gasteiger partial charge in [-0.05, 0) is 31.0 Å². The molecule has 2 atom stereocenters. The van der Waals surface area contributed by atoms with E-state index in [1.165, 1.54) is 12.1 Å². The second-order valence-corrected chi connectivity index (χ2v) is 4.86. The Bertz CT molecular complexity index is 436. The van der Waals surface area contributed by atoms with Crippen molar-refractivity contribution in [1.82, 2.24) is 4.90 Å². The maximum Gasteiger partial charge on any atom is 0.573 e.